The van der Waals surface area contributed by atoms with Gasteiger partial charge in [0, 0.05) is 4.90 Å². The van der Waals surface area contributed by atoms with Crippen LogP contribution >= 0.6 is 35.8 Å². The number of hydrogen-bond donors (Lipinski definition) is 1. The smallest absolute Gasteiger partial charge is 0.189 e. The zero-order chi connectivity index (χ0) is 10.2. The van der Waals surface area contributed by atoms with Gasteiger partial charge in [-0.1, -0.05) is 23.2 Å². The van der Waals surface area contributed by atoms with E-state index in [1.165, 1.54) is 6.07 Å². The molecule has 13 heavy (non-hydrogen) atoms. The fraction of sp³-hybridized carbons (Fsp3) is 0. The number of thiol groups is 1. The predicted octanol–water partition coefficient (Wildman–Crippen LogP) is 2.94. The highest BCUT2D eigenvalue weighted by molar-refractivity contribution is 7.86. The van der Waals surface area contributed by atoms with Crippen LogP contribution in [0.4, 0.5) is 3.89 Å². The van der Waals surface area contributed by atoms with Gasteiger partial charge in [0.25, 0.3) is 0 Å². The molecule has 0 heterocycles. The van der Waals surface area contributed by atoms with Crippen molar-refractivity contribution < 1.29 is 12.3 Å². The molecule has 1 aromatic rings. The zero-order valence-corrected chi connectivity index (χ0v) is 9.18. The van der Waals surface area contributed by atoms with Gasteiger partial charge in [-0.05, 0) is 12.1 Å². The molecule has 7 heteroatoms. The first kappa shape index (κ1) is 11.1. The van der Waals surface area contributed by atoms with Gasteiger partial charge >= 0.3 is 10.2 Å². The molecule has 0 spiro atoms. The summed E-state index contributed by atoms with van der Waals surface area (Å²) in [6.07, 6.45) is 0. The Kier molecular flexibility index (Phi) is 3.12. The van der Waals surface area contributed by atoms with Crippen LogP contribution < -0.4 is 0 Å². The van der Waals surface area contributed by atoms with Crippen LogP contribution in [0.3, 0.4) is 0 Å². The minimum atomic E-state index is -4.82. The highest BCUT2D eigenvalue weighted by atomic mass is 35.5. The summed E-state index contributed by atoms with van der Waals surface area (Å²) in [5, 5.41) is -0.208. The third-order valence-corrected chi connectivity index (χ3v) is 3.37. The summed E-state index contributed by atoms with van der Waals surface area (Å²) in [4.78, 5) is -0.351. The molecule has 0 radical (unpaired) electrons. The zero-order valence-electron chi connectivity index (χ0n) is 5.96. The Morgan fingerprint density at radius 3 is 2.23 bits per heavy atom. The van der Waals surface area contributed by atoms with Gasteiger partial charge in [-0.2, -0.15) is 8.42 Å². The van der Waals surface area contributed by atoms with E-state index in [0.717, 1.165) is 6.07 Å². The molecule has 0 aliphatic carbocycles. The molecule has 0 fully saturated rings. The summed E-state index contributed by atoms with van der Waals surface area (Å²) in [5.41, 5.74) is 0. The van der Waals surface area contributed by atoms with Crippen molar-refractivity contribution in [3.8, 4) is 0 Å². The second-order valence-corrected chi connectivity index (χ2v) is 4.78. The van der Waals surface area contributed by atoms with Crippen molar-refractivity contribution in [2.45, 2.75) is 9.79 Å². The SMILES string of the molecule is O=S(=O)(F)c1cc(Cl)c(S)cc1Cl. The van der Waals surface area contributed by atoms with E-state index in [2.05, 4.69) is 12.6 Å². The fourth-order valence-electron chi connectivity index (χ4n) is 0.705. The van der Waals surface area contributed by atoms with Crippen LogP contribution in [0.1, 0.15) is 0 Å². The largest absolute Gasteiger partial charge is 0.333 e. The highest BCUT2D eigenvalue weighted by Crippen LogP contribution is 2.31. The van der Waals surface area contributed by atoms with Gasteiger partial charge in [0.1, 0.15) is 4.90 Å². The van der Waals surface area contributed by atoms with Crippen molar-refractivity contribution in [3.05, 3.63) is 22.2 Å². The van der Waals surface area contributed by atoms with Gasteiger partial charge in [0.2, 0.25) is 0 Å². The molecule has 72 valence electrons. The van der Waals surface area contributed by atoms with Crippen molar-refractivity contribution in [2.24, 2.45) is 0 Å². The lowest BCUT2D eigenvalue weighted by molar-refractivity contribution is 0.552. The van der Waals surface area contributed by atoms with Crippen LogP contribution in [-0.4, -0.2) is 8.42 Å². The summed E-state index contributed by atoms with van der Waals surface area (Å²) in [5.74, 6) is 0. The molecule has 0 saturated heterocycles. The van der Waals surface area contributed by atoms with Crippen molar-refractivity contribution in [3.63, 3.8) is 0 Å². The van der Waals surface area contributed by atoms with Gasteiger partial charge in [-0.15, -0.1) is 16.5 Å². The molecule has 2 nitrogen and oxygen atoms in total. The van der Waals surface area contributed by atoms with Crippen molar-refractivity contribution >= 4 is 46.1 Å². The summed E-state index contributed by atoms with van der Waals surface area (Å²) >= 11 is 14.9. The molecule has 0 aliphatic heterocycles. The summed E-state index contributed by atoms with van der Waals surface area (Å²) < 4.78 is 33.5. The standard InChI is InChI=1S/C6H3Cl2FO2S2/c7-3-2-6(13(9,10)11)4(8)1-5(3)12/h1-2,12H. The third-order valence-electron chi connectivity index (χ3n) is 1.26. The van der Waals surface area contributed by atoms with Gasteiger partial charge in [0.05, 0.1) is 10.0 Å². The van der Waals surface area contributed by atoms with E-state index in [0.29, 0.717) is 4.90 Å². The van der Waals surface area contributed by atoms with Gasteiger partial charge < -0.3 is 0 Å². The Bertz CT molecular complexity index is 444. The van der Waals surface area contributed by atoms with Crippen molar-refractivity contribution in [2.75, 3.05) is 0 Å². The lowest BCUT2D eigenvalue weighted by Gasteiger charge is -2.01. The minimum absolute atomic E-state index is 0.0314. The quantitative estimate of drug-likeness (QED) is 0.623. The number of hydrogen-bond acceptors (Lipinski definition) is 3. The van der Waals surface area contributed by atoms with Crippen LogP contribution in [0.25, 0.3) is 0 Å². The lowest BCUT2D eigenvalue weighted by atomic mass is 10.4. The fourth-order valence-corrected chi connectivity index (χ4v) is 2.19. The van der Waals surface area contributed by atoms with E-state index >= 15 is 0 Å². The summed E-state index contributed by atoms with van der Waals surface area (Å²) in [7, 11) is -4.82. The number of halogens is 3. The first-order chi connectivity index (χ1) is 5.82. The van der Waals surface area contributed by atoms with E-state index < -0.39 is 15.1 Å². The molecular formula is C6H3Cl2FO2S2. The Morgan fingerprint density at radius 1 is 1.23 bits per heavy atom. The predicted molar refractivity (Wildman–Crippen MR) is 52.0 cm³/mol. The second kappa shape index (κ2) is 3.65. The maximum atomic E-state index is 12.5. The molecule has 0 saturated carbocycles. The average molecular weight is 261 g/mol. The molecule has 0 N–H and O–H groups in total. The maximum absolute atomic E-state index is 12.5. The normalized spacial score (nSPS) is 11.7. The van der Waals surface area contributed by atoms with Crippen LogP contribution in [0.2, 0.25) is 10.0 Å². The van der Waals surface area contributed by atoms with E-state index in [1.807, 2.05) is 0 Å². The second-order valence-electron chi connectivity index (χ2n) is 2.17. The Hall–Kier alpha value is 0.0300. The van der Waals surface area contributed by atoms with Gasteiger partial charge in [-0.3, -0.25) is 0 Å². The third kappa shape index (κ3) is 2.49. The van der Waals surface area contributed by atoms with Crippen LogP contribution in [0.5, 0.6) is 0 Å². The topological polar surface area (TPSA) is 34.1 Å². The number of rotatable bonds is 1. The molecule has 0 amide bonds. The first-order valence-corrected chi connectivity index (χ1v) is 5.53. The Labute approximate surface area is 90.3 Å². The van der Waals surface area contributed by atoms with Gasteiger partial charge in [0.15, 0.2) is 0 Å². The minimum Gasteiger partial charge on any atom is -0.189 e. The summed E-state index contributed by atoms with van der Waals surface area (Å²) in [6.45, 7) is 0. The lowest BCUT2D eigenvalue weighted by Crippen LogP contribution is -1.93. The molecule has 0 bridgehead atoms. The van der Waals surface area contributed by atoms with E-state index in [-0.39, 0.29) is 10.0 Å². The average Bonchev–Trinajstić information content (AvgIpc) is 1.94. The van der Waals surface area contributed by atoms with E-state index in [9.17, 15) is 12.3 Å². The summed E-state index contributed by atoms with van der Waals surface area (Å²) in [6, 6.07) is 2.08. The van der Waals surface area contributed by atoms with Crippen LogP contribution in [0.15, 0.2) is 21.9 Å². The van der Waals surface area contributed by atoms with Crippen molar-refractivity contribution in [1.29, 1.82) is 0 Å². The molecule has 0 aromatic heterocycles. The van der Waals surface area contributed by atoms with Crippen molar-refractivity contribution in [1.82, 2.24) is 0 Å². The van der Waals surface area contributed by atoms with Gasteiger partial charge in [-0.25, -0.2) is 0 Å². The van der Waals surface area contributed by atoms with E-state index in [4.69, 9.17) is 23.2 Å². The van der Waals surface area contributed by atoms with E-state index in [1.54, 1.807) is 0 Å². The highest BCUT2D eigenvalue weighted by Gasteiger charge is 2.18. The first-order valence-electron chi connectivity index (χ1n) is 2.95. The Balaban J connectivity index is 3.50. The maximum Gasteiger partial charge on any atom is 0.333 e. The molecule has 1 aromatic carbocycles. The van der Waals surface area contributed by atoms with Crippen LogP contribution in [-0.2, 0) is 10.2 Å². The monoisotopic (exact) mass is 260 g/mol. The Morgan fingerprint density at radius 2 is 1.77 bits per heavy atom. The molecule has 0 atom stereocenters. The molecule has 0 aliphatic rings. The van der Waals surface area contributed by atoms with Crippen LogP contribution in [0, 0.1) is 0 Å². The molecule has 1 rings (SSSR count). The number of benzene rings is 1. The molecular weight excluding hydrogens is 258 g/mol. The molecule has 0 unspecified atom stereocenters.